The van der Waals surface area contributed by atoms with Gasteiger partial charge in [0, 0.05) is 27.9 Å². The summed E-state index contributed by atoms with van der Waals surface area (Å²) in [5, 5.41) is 26.2. The smallest absolute Gasteiger partial charge is 0.319 e. The number of halogens is 1. The van der Waals surface area contributed by atoms with E-state index in [-0.39, 0.29) is 18.0 Å². The fourth-order valence-electron chi connectivity index (χ4n) is 5.24. The molecule has 1 aliphatic rings. The first-order valence-corrected chi connectivity index (χ1v) is 14.6. The molecule has 1 aromatic heterocycles. The van der Waals surface area contributed by atoms with E-state index in [1.807, 2.05) is 20.8 Å². The number of aromatic hydroxyl groups is 1. The van der Waals surface area contributed by atoms with Gasteiger partial charge in [-0.25, -0.2) is 4.79 Å². The number of rotatable bonds is 13. The molecule has 1 aliphatic carbocycles. The van der Waals surface area contributed by atoms with Gasteiger partial charge in [-0.15, -0.1) is 0 Å². The number of nitrogens with one attached hydrogen (secondary N) is 2. The number of aliphatic carboxylic acids is 1. The summed E-state index contributed by atoms with van der Waals surface area (Å²) in [4.78, 5) is 38.8. The van der Waals surface area contributed by atoms with Crippen molar-refractivity contribution < 1.29 is 34.0 Å². The fraction of sp³-hybridized carbons (Fsp3) is 0.387. The molecular formula is C31H36ClN3O8. The van der Waals surface area contributed by atoms with Crippen LogP contribution in [-0.2, 0) is 24.2 Å². The van der Waals surface area contributed by atoms with E-state index in [2.05, 4.69) is 10.6 Å². The molecule has 0 saturated heterocycles. The van der Waals surface area contributed by atoms with E-state index < -0.39 is 30.0 Å². The Balaban J connectivity index is 1.68. The largest absolute Gasteiger partial charge is 0.505 e. The van der Waals surface area contributed by atoms with Crippen LogP contribution in [0.25, 0.3) is 0 Å². The van der Waals surface area contributed by atoms with Crippen LogP contribution in [0.2, 0.25) is 5.02 Å². The highest BCUT2D eigenvalue weighted by atomic mass is 35.5. The predicted octanol–water partition coefficient (Wildman–Crippen LogP) is 5.28. The molecule has 1 heterocycles. The Morgan fingerprint density at radius 1 is 1.02 bits per heavy atom. The molecule has 43 heavy (non-hydrogen) atoms. The zero-order valence-electron chi connectivity index (χ0n) is 24.4. The number of nitrogens with zero attached hydrogens (tertiary/aromatic N) is 1. The number of fused-ring (bicyclic) bond motifs is 1. The minimum atomic E-state index is -1.15. The lowest BCUT2D eigenvalue weighted by molar-refractivity contribution is -0.137. The number of ether oxygens (including phenoxy) is 3. The van der Waals surface area contributed by atoms with Gasteiger partial charge in [-0.2, -0.15) is 0 Å². The maximum atomic E-state index is 13.8. The molecule has 0 fully saturated rings. The maximum absolute atomic E-state index is 13.8. The Morgan fingerprint density at radius 3 is 2.33 bits per heavy atom. The lowest BCUT2D eigenvalue weighted by Crippen LogP contribution is -2.37. The summed E-state index contributed by atoms with van der Waals surface area (Å²) in [7, 11) is 0. The number of urea groups is 1. The number of amides is 2. The normalized spacial score (nSPS) is 12.7. The van der Waals surface area contributed by atoms with E-state index in [9.17, 15) is 24.6 Å². The molecule has 0 aliphatic heterocycles. The van der Waals surface area contributed by atoms with Crippen molar-refractivity contribution in [3.8, 4) is 23.0 Å². The van der Waals surface area contributed by atoms with E-state index in [0.717, 1.165) is 6.42 Å². The summed E-state index contributed by atoms with van der Waals surface area (Å²) in [6, 6.07) is 8.28. The molecule has 0 unspecified atom stereocenters. The molecule has 2 amide bonds. The second-order valence-corrected chi connectivity index (χ2v) is 10.3. The van der Waals surface area contributed by atoms with Crippen LogP contribution < -0.4 is 30.4 Å². The van der Waals surface area contributed by atoms with E-state index in [1.54, 1.807) is 36.4 Å². The maximum Gasteiger partial charge on any atom is 0.319 e. The number of anilines is 1. The number of carbonyl (C=O) groups excluding carboxylic acids is 1. The SMILES string of the molecule is CCOc1cc(OCC)cc([C@H](CC(=O)O)NC(=O)Nc2c(O)c3c(n(Cc4c(Cl)cccc4OCC)c2=O)CCC3)c1. The number of aromatic nitrogens is 1. The van der Waals surface area contributed by atoms with Crippen molar-refractivity contribution in [3.05, 3.63) is 74.2 Å². The molecule has 4 rings (SSSR count). The van der Waals surface area contributed by atoms with Gasteiger partial charge in [0.1, 0.15) is 23.0 Å². The van der Waals surface area contributed by atoms with Gasteiger partial charge in [0.05, 0.1) is 38.8 Å². The van der Waals surface area contributed by atoms with Gasteiger partial charge in [0.2, 0.25) is 0 Å². The third-order valence-corrected chi connectivity index (χ3v) is 7.39. The van der Waals surface area contributed by atoms with Crippen molar-refractivity contribution in [2.75, 3.05) is 25.1 Å². The molecule has 11 nitrogen and oxygen atoms in total. The summed E-state index contributed by atoms with van der Waals surface area (Å²) in [6.07, 6.45) is 1.35. The number of hydrogen-bond donors (Lipinski definition) is 4. The quantitative estimate of drug-likeness (QED) is 0.204. The molecule has 0 bridgehead atoms. The van der Waals surface area contributed by atoms with Crippen LogP contribution in [0, 0.1) is 0 Å². The highest BCUT2D eigenvalue weighted by molar-refractivity contribution is 6.31. The number of benzene rings is 2. The van der Waals surface area contributed by atoms with Crippen LogP contribution in [0.5, 0.6) is 23.0 Å². The fourth-order valence-corrected chi connectivity index (χ4v) is 5.47. The summed E-state index contributed by atoms with van der Waals surface area (Å²) in [5.41, 5.74) is 1.33. The predicted molar refractivity (Wildman–Crippen MR) is 162 cm³/mol. The van der Waals surface area contributed by atoms with Crippen molar-refractivity contribution in [1.82, 2.24) is 9.88 Å². The van der Waals surface area contributed by atoms with Gasteiger partial charge in [-0.05, 0) is 69.9 Å². The van der Waals surface area contributed by atoms with E-state index in [1.165, 1.54) is 4.57 Å². The van der Waals surface area contributed by atoms with Gasteiger partial charge in [0.25, 0.3) is 5.56 Å². The highest BCUT2D eigenvalue weighted by Gasteiger charge is 2.28. The Labute approximate surface area is 254 Å². The van der Waals surface area contributed by atoms with Crippen molar-refractivity contribution in [2.45, 2.75) is 59.0 Å². The molecule has 0 saturated carbocycles. The second kappa shape index (κ2) is 14.2. The zero-order valence-corrected chi connectivity index (χ0v) is 25.1. The number of carboxylic acids is 1. The van der Waals surface area contributed by atoms with Gasteiger partial charge < -0.3 is 39.6 Å². The van der Waals surface area contributed by atoms with Gasteiger partial charge in [-0.3, -0.25) is 9.59 Å². The summed E-state index contributed by atoms with van der Waals surface area (Å²) >= 11 is 6.50. The van der Waals surface area contributed by atoms with Crippen molar-refractivity contribution in [1.29, 1.82) is 0 Å². The van der Waals surface area contributed by atoms with Crippen LogP contribution >= 0.6 is 11.6 Å². The first-order valence-electron chi connectivity index (χ1n) is 14.2. The van der Waals surface area contributed by atoms with Crippen LogP contribution in [-0.4, -0.2) is 46.6 Å². The summed E-state index contributed by atoms with van der Waals surface area (Å²) in [5.74, 6) is -0.0268. The molecule has 1 atom stereocenters. The van der Waals surface area contributed by atoms with Gasteiger partial charge in [0.15, 0.2) is 5.69 Å². The zero-order chi connectivity index (χ0) is 31.1. The molecule has 2 aromatic carbocycles. The number of hydrogen-bond acceptors (Lipinski definition) is 7. The molecule has 4 N–H and O–H groups in total. The lowest BCUT2D eigenvalue weighted by Gasteiger charge is -2.21. The molecule has 0 spiro atoms. The Morgan fingerprint density at radius 2 is 1.70 bits per heavy atom. The van der Waals surface area contributed by atoms with Gasteiger partial charge in [-0.1, -0.05) is 17.7 Å². The summed E-state index contributed by atoms with van der Waals surface area (Å²) in [6.45, 7) is 6.68. The highest BCUT2D eigenvalue weighted by Crippen LogP contribution is 2.36. The van der Waals surface area contributed by atoms with Crippen molar-refractivity contribution in [3.63, 3.8) is 0 Å². The Kier molecular flexibility index (Phi) is 10.4. The molecule has 3 aromatic rings. The van der Waals surface area contributed by atoms with E-state index >= 15 is 0 Å². The number of carbonyl (C=O) groups is 2. The average Bonchev–Trinajstić information content (AvgIpc) is 3.45. The van der Waals surface area contributed by atoms with Crippen LogP contribution in [0.4, 0.5) is 10.5 Å². The first kappa shape index (κ1) is 31.6. The second-order valence-electron chi connectivity index (χ2n) is 9.90. The molecular weight excluding hydrogens is 578 g/mol. The van der Waals surface area contributed by atoms with Crippen LogP contribution in [0.3, 0.4) is 0 Å². The van der Waals surface area contributed by atoms with Crippen LogP contribution in [0.15, 0.2) is 41.2 Å². The minimum absolute atomic E-state index is 0.0683. The number of pyridine rings is 1. The van der Waals surface area contributed by atoms with E-state index in [0.29, 0.717) is 77.3 Å². The average molecular weight is 614 g/mol. The van der Waals surface area contributed by atoms with E-state index in [4.69, 9.17) is 25.8 Å². The number of carboxylic acid groups (broad SMARTS) is 1. The third kappa shape index (κ3) is 7.34. The topological polar surface area (TPSA) is 148 Å². The monoisotopic (exact) mass is 613 g/mol. The van der Waals surface area contributed by atoms with Crippen molar-refractivity contribution >= 4 is 29.3 Å². The van der Waals surface area contributed by atoms with Gasteiger partial charge >= 0.3 is 12.0 Å². The summed E-state index contributed by atoms with van der Waals surface area (Å²) < 4.78 is 18.4. The Bertz CT molecular complexity index is 1530. The van der Waals surface area contributed by atoms with Crippen molar-refractivity contribution in [2.24, 2.45) is 0 Å². The minimum Gasteiger partial charge on any atom is -0.505 e. The first-order chi connectivity index (χ1) is 20.7. The Hall–Kier alpha value is -4.38. The molecule has 230 valence electrons. The lowest BCUT2D eigenvalue weighted by atomic mass is 10.0. The van der Waals surface area contributed by atoms with Crippen LogP contribution in [0.1, 0.15) is 62.0 Å². The standard InChI is InChI=1S/C31H36ClN3O8/c1-4-41-19-13-18(14-20(15-19)42-5-2)24(16-27(36)37)33-31(40)34-28-29(38)21-9-7-11-25(21)35(30(28)39)17-22-23(32)10-8-12-26(22)43-6-3/h8,10,12-15,24,38H,4-7,9,11,16-17H2,1-3H3,(H,36,37)(H2,33,34,40)/t24-/m0/s1. The third-order valence-electron chi connectivity index (χ3n) is 7.04. The molecule has 0 radical (unpaired) electrons. The molecule has 12 heteroatoms.